The van der Waals surface area contributed by atoms with E-state index in [1.807, 2.05) is 101 Å². The van der Waals surface area contributed by atoms with Gasteiger partial charge in [0, 0.05) is 18.7 Å². The quantitative estimate of drug-likeness (QED) is 0.445. The number of amides is 1. The maximum absolute atomic E-state index is 13.2. The first-order valence-electron chi connectivity index (χ1n) is 12.4. The van der Waals surface area contributed by atoms with Crippen molar-refractivity contribution in [1.29, 1.82) is 0 Å². The van der Waals surface area contributed by atoms with E-state index in [-0.39, 0.29) is 5.91 Å². The normalized spacial score (nSPS) is 14.5. The third kappa shape index (κ3) is 5.21. The Kier molecular flexibility index (Phi) is 7.05. The van der Waals surface area contributed by atoms with Crippen LogP contribution in [-0.4, -0.2) is 27.5 Å². The third-order valence-corrected chi connectivity index (χ3v) is 6.86. The Bertz CT molecular complexity index is 1290. The Morgan fingerprint density at radius 3 is 2.19 bits per heavy atom. The fraction of sp³-hybridized carbons (Fsp3) is 0.355. The van der Waals surface area contributed by atoms with E-state index in [1.165, 1.54) is 0 Å². The number of hydrogen-bond acceptors (Lipinski definition) is 3. The van der Waals surface area contributed by atoms with E-state index >= 15 is 0 Å². The maximum Gasteiger partial charge on any atom is 0.337 e. The van der Waals surface area contributed by atoms with Gasteiger partial charge in [-0.25, -0.2) is 4.79 Å². The first-order chi connectivity index (χ1) is 17.0. The number of rotatable bonds is 6. The molecule has 1 aliphatic rings. The Hall–Kier alpha value is -3.44. The van der Waals surface area contributed by atoms with Crippen LogP contribution >= 0.6 is 0 Å². The Balaban J connectivity index is 1.91. The van der Waals surface area contributed by atoms with Crippen molar-refractivity contribution < 1.29 is 19.4 Å². The zero-order valence-corrected chi connectivity index (χ0v) is 22.0. The van der Waals surface area contributed by atoms with Crippen LogP contribution in [0.15, 0.2) is 54.6 Å². The first-order valence-corrected chi connectivity index (χ1v) is 12.4. The number of carboxylic acid groups (broad SMARTS) is 1. The second-order valence-corrected chi connectivity index (χ2v) is 10.7. The molecule has 0 spiro atoms. The number of hydrogen-bond donors (Lipinski definition) is 1. The number of ether oxygens (including phenoxy) is 1. The molecule has 0 aliphatic carbocycles. The van der Waals surface area contributed by atoms with Crippen LogP contribution in [-0.2, 0) is 33.8 Å². The molecule has 1 unspecified atom stereocenters. The summed E-state index contributed by atoms with van der Waals surface area (Å²) in [6.45, 7) is 12.6. The molecule has 0 saturated heterocycles. The number of aliphatic carboxylic acids is 1. The predicted molar refractivity (Wildman–Crippen MR) is 142 cm³/mol. The summed E-state index contributed by atoms with van der Waals surface area (Å²) < 4.78 is 6.16. The van der Waals surface area contributed by atoms with Crippen LogP contribution < -0.4 is 0 Å². The minimum absolute atomic E-state index is 0.0807. The predicted octanol–water partition coefficient (Wildman–Crippen LogP) is 6.30. The van der Waals surface area contributed by atoms with Gasteiger partial charge in [0.2, 0.25) is 5.91 Å². The zero-order valence-electron chi connectivity index (χ0n) is 22.0. The van der Waals surface area contributed by atoms with Crippen molar-refractivity contribution in [3.63, 3.8) is 0 Å². The van der Waals surface area contributed by atoms with E-state index in [4.69, 9.17) is 4.74 Å². The lowest BCUT2D eigenvalue weighted by atomic mass is 9.80. The molecule has 0 fully saturated rings. The molecule has 3 aromatic carbocycles. The molecule has 4 rings (SSSR count). The van der Waals surface area contributed by atoms with Crippen molar-refractivity contribution in [3.05, 3.63) is 93.5 Å². The summed E-state index contributed by atoms with van der Waals surface area (Å²) in [7, 11) is 0. The molecule has 3 aromatic rings. The third-order valence-electron chi connectivity index (χ3n) is 6.86. The lowest BCUT2D eigenvalue weighted by molar-refractivity contribution is -0.160. The molecule has 1 amide bonds. The van der Waals surface area contributed by atoms with Crippen LogP contribution in [0.2, 0.25) is 0 Å². The summed E-state index contributed by atoms with van der Waals surface area (Å²) in [5.74, 6) is -0.939. The minimum atomic E-state index is -1.13. The van der Waals surface area contributed by atoms with Crippen molar-refractivity contribution in [3.8, 4) is 11.1 Å². The van der Waals surface area contributed by atoms with E-state index in [9.17, 15) is 14.7 Å². The van der Waals surface area contributed by atoms with Gasteiger partial charge in [0.05, 0.1) is 12.0 Å². The SMILES string of the molecule is Cc1ccc(-c2c(C)c3c(c(C)c2C(OC(C)(C)C)C(=O)O)CN(Cc2ccccc2)C(=O)C3)cc1. The van der Waals surface area contributed by atoms with Gasteiger partial charge in [0.15, 0.2) is 6.10 Å². The van der Waals surface area contributed by atoms with Crippen LogP contribution in [0.25, 0.3) is 11.1 Å². The van der Waals surface area contributed by atoms with Gasteiger partial charge in [-0.1, -0.05) is 60.2 Å². The van der Waals surface area contributed by atoms with Gasteiger partial charge in [-0.15, -0.1) is 0 Å². The average Bonchev–Trinajstić information content (AvgIpc) is 2.81. The summed E-state index contributed by atoms with van der Waals surface area (Å²) in [4.78, 5) is 27.7. The monoisotopic (exact) mass is 485 g/mol. The second kappa shape index (κ2) is 9.90. The summed E-state index contributed by atoms with van der Waals surface area (Å²) in [5.41, 5.74) is 7.86. The number of aryl methyl sites for hydroxylation is 1. The molecule has 0 bridgehead atoms. The molecule has 5 heteroatoms. The largest absolute Gasteiger partial charge is 0.479 e. The van der Waals surface area contributed by atoms with Crippen molar-refractivity contribution in [2.75, 3.05) is 0 Å². The van der Waals surface area contributed by atoms with Crippen LogP contribution in [0.3, 0.4) is 0 Å². The molecule has 0 saturated carbocycles. The molecule has 0 radical (unpaired) electrons. The molecular weight excluding hydrogens is 450 g/mol. The smallest absolute Gasteiger partial charge is 0.337 e. The fourth-order valence-electron chi connectivity index (χ4n) is 5.11. The first kappa shape index (κ1) is 25.6. The Morgan fingerprint density at radius 2 is 1.61 bits per heavy atom. The lowest BCUT2D eigenvalue weighted by Gasteiger charge is -2.35. The van der Waals surface area contributed by atoms with Crippen LogP contribution in [0.5, 0.6) is 0 Å². The van der Waals surface area contributed by atoms with E-state index in [0.29, 0.717) is 25.1 Å². The van der Waals surface area contributed by atoms with Gasteiger partial charge in [-0.05, 0) is 80.5 Å². The lowest BCUT2D eigenvalue weighted by Crippen LogP contribution is -2.37. The molecule has 188 valence electrons. The highest BCUT2D eigenvalue weighted by Crippen LogP contribution is 2.43. The molecular formula is C31H35NO4. The summed E-state index contributed by atoms with van der Waals surface area (Å²) in [5, 5.41) is 10.3. The van der Waals surface area contributed by atoms with Crippen LogP contribution in [0.4, 0.5) is 0 Å². The van der Waals surface area contributed by atoms with Gasteiger partial charge in [-0.3, -0.25) is 4.79 Å². The van der Waals surface area contributed by atoms with E-state index in [0.717, 1.165) is 44.5 Å². The molecule has 1 atom stereocenters. The van der Waals surface area contributed by atoms with Crippen molar-refractivity contribution in [2.45, 2.75) is 72.8 Å². The number of benzene rings is 3. The topological polar surface area (TPSA) is 66.8 Å². The van der Waals surface area contributed by atoms with Gasteiger partial charge in [0.1, 0.15) is 0 Å². The highest BCUT2D eigenvalue weighted by Gasteiger charge is 2.36. The van der Waals surface area contributed by atoms with Gasteiger partial charge in [0.25, 0.3) is 0 Å². The minimum Gasteiger partial charge on any atom is -0.479 e. The molecule has 0 aromatic heterocycles. The van der Waals surface area contributed by atoms with Gasteiger partial charge in [-0.2, -0.15) is 0 Å². The van der Waals surface area contributed by atoms with Crippen molar-refractivity contribution in [1.82, 2.24) is 4.90 Å². The molecule has 1 heterocycles. The molecule has 36 heavy (non-hydrogen) atoms. The summed E-state index contributed by atoms with van der Waals surface area (Å²) >= 11 is 0. The summed E-state index contributed by atoms with van der Waals surface area (Å²) in [6, 6.07) is 18.0. The highest BCUT2D eigenvalue weighted by molar-refractivity contribution is 5.87. The Morgan fingerprint density at radius 1 is 0.972 bits per heavy atom. The van der Waals surface area contributed by atoms with E-state index < -0.39 is 17.7 Å². The summed E-state index contributed by atoms with van der Waals surface area (Å²) in [6.07, 6.45) is -0.836. The van der Waals surface area contributed by atoms with Gasteiger partial charge >= 0.3 is 5.97 Å². The number of nitrogens with zero attached hydrogens (tertiary/aromatic N) is 1. The zero-order chi connectivity index (χ0) is 26.2. The fourth-order valence-corrected chi connectivity index (χ4v) is 5.11. The maximum atomic E-state index is 13.2. The van der Waals surface area contributed by atoms with Crippen molar-refractivity contribution >= 4 is 11.9 Å². The number of carboxylic acids is 1. The molecule has 1 N–H and O–H groups in total. The molecule has 5 nitrogen and oxygen atoms in total. The number of fused-ring (bicyclic) bond motifs is 1. The highest BCUT2D eigenvalue weighted by atomic mass is 16.5. The van der Waals surface area contributed by atoms with Gasteiger partial charge < -0.3 is 14.7 Å². The van der Waals surface area contributed by atoms with Crippen LogP contribution in [0.1, 0.15) is 65.8 Å². The van der Waals surface area contributed by atoms with E-state index in [1.54, 1.807) is 0 Å². The number of carbonyl (C=O) groups is 2. The number of carbonyl (C=O) groups excluding carboxylic acids is 1. The van der Waals surface area contributed by atoms with Crippen LogP contribution in [0, 0.1) is 20.8 Å². The second-order valence-electron chi connectivity index (χ2n) is 10.7. The van der Waals surface area contributed by atoms with Crippen molar-refractivity contribution in [2.24, 2.45) is 0 Å². The molecule has 1 aliphatic heterocycles. The Labute approximate surface area is 213 Å². The standard InChI is InChI=1S/C31H35NO4/c1-19-12-14-23(15-13-19)27-20(2)24-16-26(33)32(17-22-10-8-7-9-11-22)18-25(24)21(3)28(27)29(30(34)35)36-31(4,5)6/h7-15,29H,16-18H2,1-6H3,(H,34,35). The van der Waals surface area contributed by atoms with E-state index in [2.05, 4.69) is 0 Å². The average molecular weight is 486 g/mol.